The molecule has 0 N–H and O–H groups in total. The third-order valence-corrected chi connectivity index (χ3v) is 3.52. The molecule has 0 radical (unpaired) electrons. The zero-order chi connectivity index (χ0) is 14.7. The van der Waals surface area contributed by atoms with E-state index in [1.54, 1.807) is 0 Å². The molecule has 110 valence electrons. The molecular weight excluding hydrogens is 260 g/mol. The second-order valence-electron chi connectivity index (χ2n) is 5.87. The number of rotatable bonds is 6. The van der Waals surface area contributed by atoms with E-state index in [0.29, 0.717) is 12.0 Å². The number of amides is 1. The summed E-state index contributed by atoms with van der Waals surface area (Å²) in [6, 6.07) is 4.15. The molecule has 0 bridgehead atoms. The molecule has 0 heterocycles. The van der Waals surface area contributed by atoms with E-state index in [9.17, 15) is 13.6 Å². The summed E-state index contributed by atoms with van der Waals surface area (Å²) in [5.74, 6) is -0.729. The van der Waals surface area contributed by atoms with Crippen LogP contribution in [0.15, 0.2) is 18.2 Å². The van der Waals surface area contributed by atoms with Crippen LogP contribution in [0.1, 0.15) is 38.7 Å². The molecule has 0 spiro atoms. The Bertz CT molecular complexity index is 463. The van der Waals surface area contributed by atoms with Gasteiger partial charge in [-0.1, -0.05) is 19.9 Å². The van der Waals surface area contributed by atoms with Gasteiger partial charge in [0.25, 0.3) is 0 Å². The van der Waals surface area contributed by atoms with Gasteiger partial charge in [-0.15, -0.1) is 0 Å². The quantitative estimate of drug-likeness (QED) is 0.781. The van der Waals surface area contributed by atoms with Crippen LogP contribution in [0, 0.1) is 17.6 Å². The fourth-order valence-corrected chi connectivity index (χ4v) is 2.38. The maximum absolute atomic E-state index is 13.5. The number of halogens is 2. The van der Waals surface area contributed by atoms with E-state index in [-0.39, 0.29) is 24.3 Å². The molecule has 0 aliphatic heterocycles. The monoisotopic (exact) mass is 281 g/mol. The number of carbonyl (C=O) groups is 1. The van der Waals surface area contributed by atoms with Crippen molar-refractivity contribution in [2.75, 3.05) is 6.54 Å². The summed E-state index contributed by atoms with van der Waals surface area (Å²) < 4.78 is 27.0. The molecule has 20 heavy (non-hydrogen) atoms. The first kappa shape index (κ1) is 14.9. The van der Waals surface area contributed by atoms with E-state index in [1.165, 1.54) is 18.2 Å². The fraction of sp³-hybridized carbons (Fsp3) is 0.562. The van der Waals surface area contributed by atoms with Crippen LogP contribution in [-0.4, -0.2) is 23.4 Å². The predicted molar refractivity (Wildman–Crippen MR) is 74.3 cm³/mol. The Balaban J connectivity index is 1.96. The first-order chi connectivity index (χ1) is 9.49. The second kappa shape index (κ2) is 6.33. The van der Waals surface area contributed by atoms with Crippen molar-refractivity contribution in [3.8, 4) is 0 Å². The Hall–Kier alpha value is -1.45. The van der Waals surface area contributed by atoms with Gasteiger partial charge < -0.3 is 4.90 Å². The Morgan fingerprint density at radius 1 is 1.30 bits per heavy atom. The molecule has 1 aromatic carbocycles. The van der Waals surface area contributed by atoms with Crippen LogP contribution in [0.4, 0.5) is 8.78 Å². The first-order valence-electron chi connectivity index (χ1n) is 7.21. The standard InChI is InChI=1S/C16H21F2NO/c1-11(2)10-19(12-6-7-12)16(20)9-8-13-14(17)4-3-5-15(13)18/h3-5,11-12H,6-10H2,1-2H3. The fourth-order valence-electron chi connectivity index (χ4n) is 2.38. The van der Waals surface area contributed by atoms with Crippen LogP contribution < -0.4 is 0 Å². The highest BCUT2D eigenvalue weighted by atomic mass is 19.1. The van der Waals surface area contributed by atoms with Crippen molar-refractivity contribution < 1.29 is 13.6 Å². The number of nitrogens with zero attached hydrogens (tertiary/aromatic N) is 1. The lowest BCUT2D eigenvalue weighted by Crippen LogP contribution is -2.36. The van der Waals surface area contributed by atoms with Crippen molar-refractivity contribution in [1.82, 2.24) is 4.90 Å². The lowest BCUT2D eigenvalue weighted by Gasteiger charge is -2.24. The van der Waals surface area contributed by atoms with Crippen molar-refractivity contribution >= 4 is 5.91 Å². The van der Waals surface area contributed by atoms with E-state index in [0.717, 1.165) is 19.4 Å². The molecule has 0 atom stereocenters. The van der Waals surface area contributed by atoms with E-state index in [2.05, 4.69) is 13.8 Å². The molecule has 1 saturated carbocycles. The molecule has 1 fully saturated rings. The zero-order valence-electron chi connectivity index (χ0n) is 12.0. The number of hydrogen-bond acceptors (Lipinski definition) is 1. The molecule has 1 aliphatic carbocycles. The molecule has 0 aromatic heterocycles. The van der Waals surface area contributed by atoms with E-state index in [1.807, 2.05) is 4.90 Å². The van der Waals surface area contributed by atoms with E-state index in [4.69, 9.17) is 0 Å². The zero-order valence-corrected chi connectivity index (χ0v) is 12.0. The lowest BCUT2D eigenvalue weighted by atomic mass is 10.1. The van der Waals surface area contributed by atoms with Crippen LogP contribution >= 0.6 is 0 Å². The van der Waals surface area contributed by atoms with E-state index < -0.39 is 11.6 Å². The molecule has 1 aliphatic rings. The number of carbonyl (C=O) groups excluding carboxylic acids is 1. The summed E-state index contributed by atoms with van der Waals surface area (Å²) in [5.41, 5.74) is 0.0149. The van der Waals surface area contributed by atoms with Crippen molar-refractivity contribution in [3.63, 3.8) is 0 Å². The van der Waals surface area contributed by atoms with Crippen LogP contribution in [0.25, 0.3) is 0 Å². The highest BCUT2D eigenvalue weighted by molar-refractivity contribution is 5.77. The van der Waals surface area contributed by atoms with Gasteiger partial charge in [0.2, 0.25) is 5.91 Å². The van der Waals surface area contributed by atoms with Gasteiger partial charge in [0.15, 0.2) is 0 Å². The van der Waals surface area contributed by atoms with Crippen LogP contribution in [-0.2, 0) is 11.2 Å². The number of hydrogen-bond donors (Lipinski definition) is 0. The van der Waals surface area contributed by atoms with Crippen molar-refractivity contribution in [2.45, 2.75) is 45.6 Å². The maximum Gasteiger partial charge on any atom is 0.223 e. The Labute approximate surface area is 118 Å². The van der Waals surface area contributed by atoms with Gasteiger partial charge in [-0.3, -0.25) is 4.79 Å². The van der Waals surface area contributed by atoms with Crippen LogP contribution in [0.5, 0.6) is 0 Å². The SMILES string of the molecule is CC(C)CN(C(=O)CCc1c(F)cccc1F)C1CC1. The van der Waals surface area contributed by atoms with Gasteiger partial charge in [-0.05, 0) is 37.3 Å². The summed E-state index contributed by atoms with van der Waals surface area (Å²) >= 11 is 0. The van der Waals surface area contributed by atoms with Crippen molar-refractivity contribution in [3.05, 3.63) is 35.4 Å². The molecule has 0 saturated heterocycles. The molecule has 2 nitrogen and oxygen atoms in total. The molecule has 1 amide bonds. The minimum absolute atomic E-state index is 0.00357. The summed E-state index contributed by atoms with van der Waals surface area (Å²) in [5, 5.41) is 0. The third-order valence-electron chi connectivity index (χ3n) is 3.52. The minimum atomic E-state index is -0.570. The van der Waals surface area contributed by atoms with Gasteiger partial charge in [0.1, 0.15) is 11.6 Å². The molecule has 2 rings (SSSR count). The van der Waals surface area contributed by atoms with E-state index >= 15 is 0 Å². The van der Waals surface area contributed by atoms with Gasteiger partial charge in [-0.25, -0.2) is 8.78 Å². The topological polar surface area (TPSA) is 20.3 Å². The molecule has 4 heteroatoms. The average molecular weight is 281 g/mol. The first-order valence-corrected chi connectivity index (χ1v) is 7.21. The third kappa shape index (κ3) is 3.78. The predicted octanol–water partition coefficient (Wildman–Crippen LogP) is 3.54. The normalized spacial score (nSPS) is 14.7. The minimum Gasteiger partial charge on any atom is -0.339 e. The van der Waals surface area contributed by atoms with Crippen LogP contribution in [0.3, 0.4) is 0 Å². The Morgan fingerprint density at radius 3 is 2.40 bits per heavy atom. The molecule has 1 aromatic rings. The Morgan fingerprint density at radius 2 is 1.90 bits per heavy atom. The highest BCUT2D eigenvalue weighted by Gasteiger charge is 2.32. The highest BCUT2D eigenvalue weighted by Crippen LogP contribution is 2.28. The second-order valence-corrected chi connectivity index (χ2v) is 5.87. The van der Waals surface area contributed by atoms with Gasteiger partial charge >= 0.3 is 0 Å². The largest absolute Gasteiger partial charge is 0.339 e. The summed E-state index contributed by atoms with van der Waals surface area (Å²) in [7, 11) is 0. The number of benzene rings is 1. The average Bonchev–Trinajstić information content (AvgIpc) is 3.19. The van der Waals surface area contributed by atoms with Gasteiger partial charge in [0.05, 0.1) is 0 Å². The molecular formula is C16H21F2NO. The summed E-state index contributed by atoms with van der Waals surface area (Å²) in [6.45, 7) is 4.86. The van der Waals surface area contributed by atoms with Crippen molar-refractivity contribution in [1.29, 1.82) is 0 Å². The smallest absolute Gasteiger partial charge is 0.223 e. The lowest BCUT2D eigenvalue weighted by molar-refractivity contribution is -0.132. The maximum atomic E-state index is 13.5. The van der Waals surface area contributed by atoms with Gasteiger partial charge in [0, 0.05) is 24.6 Å². The molecule has 0 unspecified atom stereocenters. The summed E-state index contributed by atoms with van der Waals surface area (Å²) in [6.07, 6.45) is 2.39. The summed E-state index contributed by atoms with van der Waals surface area (Å²) in [4.78, 5) is 14.1. The van der Waals surface area contributed by atoms with Crippen molar-refractivity contribution in [2.24, 2.45) is 5.92 Å². The Kier molecular flexibility index (Phi) is 4.73. The van der Waals surface area contributed by atoms with Gasteiger partial charge in [-0.2, -0.15) is 0 Å². The van der Waals surface area contributed by atoms with Crippen LogP contribution in [0.2, 0.25) is 0 Å².